The van der Waals surface area contributed by atoms with Gasteiger partial charge in [0.15, 0.2) is 0 Å². The van der Waals surface area contributed by atoms with Gasteiger partial charge in [0.1, 0.15) is 6.04 Å². The molecule has 1 aromatic rings. The Labute approximate surface area is 141 Å². The maximum absolute atomic E-state index is 13.4. The van der Waals surface area contributed by atoms with E-state index in [0.29, 0.717) is 12.8 Å². The highest BCUT2D eigenvalue weighted by molar-refractivity contribution is 5.83. The van der Waals surface area contributed by atoms with E-state index in [2.05, 4.69) is 12.3 Å². The van der Waals surface area contributed by atoms with Crippen LogP contribution in [0.3, 0.4) is 0 Å². The zero-order valence-corrected chi connectivity index (χ0v) is 14.4. The molecule has 1 saturated heterocycles. The summed E-state index contributed by atoms with van der Waals surface area (Å²) in [7, 11) is 0. The van der Waals surface area contributed by atoms with Crippen molar-refractivity contribution in [3.63, 3.8) is 0 Å². The van der Waals surface area contributed by atoms with Gasteiger partial charge in [0.25, 0.3) is 0 Å². The van der Waals surface area contributed by atoms with E-state index in [0.717, 1.165) is 17.0 Å². The van der Waals surface area contributed by atoms with Crippen molar-refractivity contribution in [2.45, 2.75) is 58.7 Å². The summed E-state index contributed by atoms with van der Waals surface area (Å²) >= 11 is 0. The quantitative estimate of drug-likeness (QED) is 0.851. The Bertz CT molecular complexity index is 584. The Morgan fingerprint density at radius 3 is 2.50 bits per heavy atom. The van der Waals surface area contributed by atoms with Gasteiger partial charge in [0.2, 0.25) is 5.91 Å². The van der Waals surface area contributed by atoms with Gasteiger partial charge in [-0.15, -0.1) is 0 Å². The number of rotatable bonds is 6. The second kappa shape index (κ2) is 7.13. The number of hydrazine groups is 1. The first-order chi connectivity index (χ1) is 11.1. The first kappa shape index (κ1) is 18.8. The average Bonchev–Trinajstić information content (AvgIpc) is 2.75. The van der Waals surface area contributed by atoms with Crippen LogP contribution < -0.4 is 5.43 Å². The number of benzene rings is 1. The van der Waals surface area contributed by atoms with Crippen LogP contribution in [-0.2, 0) is 17.6 Å². The molecule has 1 N–H and O–H groups in total. The smallest absolute Gasteiger partial charge is 0.288 e. The first-order valence-corrected chi connectivity index (χ1v) is 8.36. The van der Waals surface area contributed by atoms with Crippen molar-refractivity contribution in [1.29, 1.82) is 0 Å². The van der Waals surface area contributed by atoms with Gasteiger partial charge in [0, 0.05) is 6.54 Å². The van der Waals surface area contributed by atoms with E-state index >= 15 is 0 Å². The summed E-state index contributed by atoms with van der Waals surface area (Å²) in [5.74, 6) is -0.354. The van der Waals surface area contributed by atoms with E-state index in [1.165, 1.54) is 5.56 Å². The fourth-order valence-corrected chi connectivity index (χ4v) is 3.01. The molecule has 1 aliphatic rings. The number of hydrogen-bond donors (Lipinski definition) is 1. The Morgan fingerprint density at radius 1 is 1.29 bits per heavy atom. The molecule has 1 aromatic carbocycles. The van der Waals surface area contributed by atoms with Crippen molar-refractivity contribution in [1.82, 2.24) is 10.4 Å². The molecule has 0 radical (unpaired) electrons. The van der Waals surface area contributed by atoms with Crippen molar-refractivity contribution < 1.29 is 18.0 Å². The molecule has 0 unspecified atom stereocenters. The van der Waals surface area contributed by atoms with E-state index < -0.39 is 17.6 Å². The fraction of sp³-hybridized carbons (Fsp3) is 0.611. The SMILES string of the molecule is CCc1cccc(CCC[C@H](N2CC(C)(C)C(=O)N2)C(F)(F)F)c1. The van der Waals surface area contributed by atoms with Gasteiger partial charge in [-0.3, -0.25) is 10.2 Å². The molecule has 0 spiro atoms. The second-order valence-corrected chi connectivity index (χ2v) is 7.08. The van der Waals surface area contributed by atoms with Crippen LogP contribution in [0.25, 0.3) is 0 Å². The molecule has 6 heteroatoms. The third-order valence-electron chi connectivity index (χ3n) is 4.52. The minimum atomic E-state index is -4.36. The van der Waals surface area contributed by atoms with Gasteiger partial charge >= 0.3 is 6.18 Å². The summed E-state index contributed by atoms with van der Waals surface area (Å²) < 4.78 is 40.2. The van der Waals surface area contributed by atoms with Crippen molar-refractivity contribution in [3.05, 3.63) is 35.4 Å². The van der Waals surface area contributed by atoms with Gasteiger partial charge in [-0.25, -0.2) is 5.01 Å². The van der Waals surface area contributed by atoms with Crippen LogP contribution in [0.5, 0.6) is 0 Å². The number of nitrogens with zero attached hydrogens (tertiary/aromatic N) is 1. The lowest BCUT2D eigenvalue weighted by Crippen LogP contribution is -2.50. The molecule has 1 aliphatic heterocycles. The van der Waals surface area contributed by atoms with Crippen molar-refractivity contribution in [3.8, 4) is 0 Å². The highest BCUT2D eigenvalue weighted by Gasteiger charge is 2.49. The largest absolute Gasteiger partial charge is 0.405 e. The highest BCUT2D eigenvalue weighted by atomic mass is 19.4. The summed E-state index contributed by atoms with van der Waals surface area (Å²) in [5, 5.41) is 1.06. The number of halogens is 3. The molecular formula is C18H25F3N2O. The van der Waals surface area contributed by atoms with Crippen molar-refractivity contribution >= 4 is 5.91 Å². The Hall–Kier alpha value is -1.56. The van der Waals surface area contributed by atoms with Gasteiger partial charge in [-0.2, -0.15) is 13.2 Å². The van der Waals surface area contributed by atoms with Gasteiger partial charge in [0.05, 0.1) is 5.41 Å². The minimum Gasteiger partial charge on any atom is -0.288 e. The fourth-order valence-electron chi connectivity index (χ4n) is 3.01. The summed E-state index contributed by atoms with van der Waals surface area (Å²) in [4.78, 5) is 11.8. The summed E-state index contributed by atoms with van der Waals surface area (Å²) in [6.45, 7) is 5.44. The van der Waals surface area contributed by atoms with Crippen molar-refractivity contribution in [2.24, 2.45) is 5.41 Å². The molecule has 3 nitrogen and oxygen atoms in total. The van der Waals surface area contributed by atoms with Crippen LogP contribution in [0.15, 0.2) is 24.3 Å². The molecule has 134 valence electrons. The summed E-state index contributed by atoms with van der Waals surface area (Å²) in [6, 6.07) is 6.31. The highest BCUT2D eigenvalue weighted by Crippen LogP contribution is 2.33. The van der Waals surface area contributed by atoms with Crippen molar-refractivity contribution in [2.75, 3.05) is 6.54 Å². The zero-order chi connectivity index (χ0) is 18.0. The van der Waals surface area contributed by atoms with Crippen LogP contribution in [0.2, 0.25) is 0 Å². The molecule has 0 bridgehead atoms. The molecule has 2 rings (SSSR count). The lowest BCUT2D eigenvalue weighted by atomic mass is 9.94. The molecule has 0 aliphatic carbocycles. The van der Waals surface area contributed by atoms with Gasteiger partial charge in [-0.1, -0.05) is 31.2 Å². The Kier molecular flexibility index (Phi) is 5.58. The van der Waals surface area contributed by atoms with E-state index in [9.17, 15) is 18.0 Å². The first-order valence-electron chi connectivity index (χ1n) is 8.36. The minimum absolute atomic E-state index is 0.0315. The zero-order valence-electron chi connectivity index (χ0n) is 14.4. The third kappa shape index (κ3) is 4.50. The van der Waals surface area contributed by atoms with E-state index in [1.807, 2.05) is 24.3 Å². The van der Waals surface area contributed by atoms with Crippen LogP contribution in [-0.4, -0.2) is 29.7 Å². The van der Waals surface area contributed by atoms with Gasteiger partial charge < -0.3 is 0 Å². The topological polar surface area (TPSA) is 32.3 Å². The molecule has 24 heavy (non-hydrogen) atoms. The normalized spacial score (nSPS) is 19.3. The van der Waals surface area contributed by atoms with Crippen LogP contribution in [0.4, 0.5) is 13.2 Å². The predicted molar refractivity (Wildman–Crippen MR) is 87.2 cm³/mol. The predicted octanol–water partition coefficient (Wildman–Crippen LogP) is 3.88. The second-order valence-electron chi connectivity index (χ2n) is 7.08. The Morgan fingerprint density at radius 2 is 1.96 bits per heavy atom. The summed E-state index contributed by atoms with van der Waals surface area (Å²) in [6.07, 6.45) is -2.46. The third-order valence-corrected chi connectivity index (χ3v) is 4.52. The molecule has 0 saturated carbocycles. The molecule has 1 fully saturated rings. The number of amides is 1. The maximum Gasteiger partial charge on any atom is 0.405 e. The van der Waals surface area contributed by atoms with E-state index in [1.54, 1.807) is 13.8 Å². The lowest BCUT2D eigenvalue weighted by molar-refractivity contribution is -0.190. The standard InChI is InChI=1S/C18H25F3N2O/c1-4-13-7-5-8-14(11-13)9-6-10-15(18(19,20)21)23-12-17(2,3)16(24)22-23/h5,7-8,11,15H,4,6,9-10,12H2,1-3H3,(H,22,24)/t15-/m0/s1. The van der Waals surface area contributed by atoms with Gasteiger partial charge in [-0.05, 0) is 50.7 Å². The molecule has 1 atom stereocenters. The molecule has 1 amide bonds. The number of carbonyl (C=O) groups is 1. The molecule has 0 aromatic heterocycles. The lowest BCUT2D eigenvalue weighted by Gasteiger charge is -2.29. The molecular weight excluding hydrogens is 317 g/mol. The average molecular weight is 342 g/mol. The summed E-state index contributed by atoms with van der Waals surface area (Å²) in [5.41, 5.74) is 3.84. The number of hydrogen-bond acceptors (Lipinski definition) is 2. The number of alkyl halides is 3. The Balaban J connectivity index is 1.99. The maximum atomic E-state index is 13.4. The monoisotopic (exact) mass is 342 g/mol. The number of carbonyl (C=O) groups excluding carboxylic acids is 1. The molecule has 1 heterocycles. The number of aryl methyl sites for hydroxylation is 2. The number of nitrogens with one attached hydrogen (secondary N) is 1. The van der Waals surface area contributed by atoms with E-state index in [4.69, 9.17) is 0 Å². The van der Waals surface area contributed by atoms with E-state index in [-0.39, 0.29) is 18.9 Å². The van der Waals surface area contributed by atoms with Crippen LogP contribution in [0.1, 0.15) is 44.7 Å². The van der Waals surface area contributed by atoms with Crippen LogP contribution >= 0.6 is 0 Å². The van der Waals surface area contributed by atoms with Crippen LogP contribution in [0, 0.1) is 5.41 Å².